The van der Waals surface area contributed by atoms with E-state index in [9.17, 15) is 8.42 Å². The fourth-order valence-electron chi connectivity index (χ4n) is 5.07. The quantitative estimate of drug-likeness (QED) is 0.773. The Balaban J connectivity index is 1.61. The molecule has 2 aromatic carbocycles. The Bertz CT molecular complexity index is 1020. The predicted molar refractivity (Wildman–Crippen MR) is 106 cm³/mol. The molecule has 27 heavy (non-hydrogen) atoms. The third-order valence-corrected chi connectivity index (χ3v) is 8.36. The smallest absolute Gasteiger partial charge is 0.264 e. The molecular formula is C22H25NO3S. The Morgan fingerprint density at radius 1 is 1.00 bits per heavy atom. The Morgan fingerprint density at radius 2 is 1.74 bits per heavy atom. The van der Waals surface area contributed by atoms with Crippen LogP contribution in [-0.2, 0) is 20.9 Å². The lowest BCUT2D eigenvalue weighted by Crippen LogP contribution is -2.35. The highest BCUT2D eigenvalue weighted by Crippen LogP contribution is 2.52. The third kappa shape index (κ3) is 2.37. The maximum atomic E-state index is 13.6. The van der Waals surface area contributed by atoms with Gasteiger partial charge in [-0.3, -0.25) is 4.31 Å². The first-order valence-corrected chi connectivity index (χ1v) is 11.2. The topological polar surface area (TPSA) is 46.6 Å². The summed E-state index contributed by atoms with van der Waals surface area (Å²) in [5, 5.41) is 0. The van der Waals surface area contributed by atoms with Gasteiger partial charge in [-0.05, 0) is 42.7 Å². The van der Waals surface area contributed by atoms with E-state index in [1.807, 2.05) is 30.3 Å². The Labute approximate surface area is 161 Å². The summed E-state index contributed by atoms with van der Waals surface area (Å²) in [6, 6.07) is 13.4. The summed E-state index contributed by atoms with van der Waals surface area (Å²) in [6.07, 6.45) is 4.49. The maximum Gasteiger partial charge on any atom is 0.264 e. The molecule has 3 aliphatic rings. The van der Waals surface area contributed by atoms with E-state index in [-0.39, 0.29) is 10.8 Å². The second-order valence-corrected chi connectivity index (χ2v) is 10.7. The summed E-state index contributed by atoms with van der Waals surface area (Å²) >= 11 is 0. The number of benzene rings is 2. The SMILES string of the molecule is CC1(C)COc2ccc(S(=O)(=O)N3CC4(CCCC4)c4ccccc43)cc21. The number of para-hydroxylation sites is 1. The van der Waals surface area contributed by atoms with Crippen LogP contribution in [0, 0.1) is 0 Å². The summed E-state index contributed by atoms with van der Waals surface area (Å²) < 4.78 is 34.6. The zero-order valence-corrected chi connectivity index (χ0v) is 16.7. The molecule has 1 spiro atoms. The molecule has 0 amide bonds. The van der Waals surface area contributed by atoms with E-state index >= 15 is 0 Å². The molecule has 2 heterocycles. The minimum absolute atomic E-state index is 0.0111. The van der Waals surface area contributed by atoms with Gasteiger partial charge in [0, 0.05) is 22.9 Å². The third-order valence-electron chi connectivity index (χ3n) is 6.61. The van der Waals surface area contributed by atoms with Crippen LogP contribution in [0.15, 0.2) is 47.4 Å². The fraction of sp³-hybridized carbons (Fsp3) is 0.455. The number of hydrogen-bond donors (Lipinski definition) is 0. The van der Waals surface area contributed by atoms with Gasteiger partial charge in [0.1, 0.15) is 5.75 Å². The summed E-state index contributed by atoms with van der Waals surface area (Å²) in [4.78, 5) is 0.365. The second kappa shape index (κ2) is 5.51. The molecule has 142 valence electrons. The van der Waals surface area contributed by atoms with Crippen LogP contribution in [0.5, 0.6) is 5.75 Å². The molecule has 0 unspecified atom stereocenters. The molecular weight excluding hydrogens is 358 g/mol. The van der Waals surface area contributed by atoms with Crippen molar-refractivity contribution in [3.63, 3.8) is 0 Å². The van der Waals surface area contributed by atoms with Gasteiger partial charge in [0.05, 0.1) is 17.2 Å². The van der Waals surface area contributed by atoms with Crippen LogP contribution in [0.4, 0.5) is 5.69 Å². The van der Waals surface area contributed by atoms with E-state index in [2.05, 4.69) is 19.9 Å². The monoisotopic (exact) mass is 383 g/mol. The van der Waals surface area contributed by atoms with Crippen LogP contribution in [0.25, 0.3) is 0 Å². The number of anilines is 1. The first kappa shape index (κ1) is 17.1. The lowest BCUT2D eigenvalue weighted by Gasteiger charge is -2.25. The molecule has 0 aromatic heterocycles. The average Bonchev–Trinajstić information content (AvgIpc) is 3.34. The van der Waals surface area contributed by atoms with Crippen LogP contribution >= 0.6 is 0 Å². The van der Waals surface area contributed by atoms with Crippen molar-refractivity contribution in [1.82, 2.24) is 0 Å². The number of fused-ring (bicyclic) bond motifs is 3. The number of hydrogen-bond acceptors (Lipinski definition) is 3. The molecule has 1 aliphatic carbocycles. The molecule has 0 atom stereocenters. The van der Waals surface area contributed by atoms with Crippen LogP contribution < -0.4 is 9.04 Å². The molecule has 5 heteroatoms. The molecule has 2 aromatic rings. The zero-order chi connectivity index (χ0) is 18.9. The molecule has 0 saturated heterocycles. The normalized spacial score (nSPS) is 21.9. The molecule has 5 rings (SSSR count). The summed E-state index contributed by atoms with van der Waals surface area (Å²) in [7, 11) is -3.61. The second-order valence-electron chi connectivity index (χ2n) is 8.85. The van der Waals surface area contributed by atoms with E-state index < -0.39 is 10.0 Å². The van der Waals surface area contributed by atoms with E-state index in [4.69, 9.17) is 4.74 Å². The van der Waals surface area contributed by atoms with Crippen LogP contribution in [0.2, 0.25) is 0 Å². The molecule has 0 radical (unpaired) electrons. The van der Waals surface area contributed by atoms with Crippen LogP contribution in [0.3, 0.4) is 0 Å². The lowest BCUT2D eigenvalue weighted by atomic mass is 9.81. The van der Waals surface area contributed by atoms with Crippen molar-refractivity contribution in [3.05, 3.63) is 53.6 Å². The van der Waals surface area contributed by atoms with Crippen molar-refractivity contribution >= 4 is 15.7 Å². The van der Waals surface area contributed by atoms with Crippen molar-refractivity contribution < 1.29 is 13.2 Å². The van der Waals surface area contributed by atoms with Gasteiger partial charge in [-0.15, -0.1) is 0 Å². The first-order valence-electron chi connectivity index (χ1n) is 9.73. The number of rotatable bonds is 2. The Hall–Kier alpha value is -2.01. The first-order chi connectivity index (χ1) is 12.8. The summed E-state index contributed by atoms with van der Waals surface area (Å²) in [6.45, 7) is 5.33. The van der Waals surface area contributed by atoms with Gasteiger partial charge in [0.15, 0.2) is 0 Å². The number of sulfonamides is 1. The minimum Gasteiger partial charge on any atom is -0.492 e. The molecule has 4 nitrogen and oxygen atoms in total. The number of ether oxygens (including phenoxy) is 1. The molecule has 1 saturated carbocycles. The summed E-state index contributed by atoms with van der Waals surface area (Å²) in [5.41, 5.74) is 2.86. The largest absolute Gasteiger partial charge is 0.492 e. The number of nitrogens with zero attached hydrogens (tertiary/aromatic N) is 1. The van der Waals surface area contributed by atoms with Crippen molar-refractivity contribution in [2.24, 2.45) is 0 Å². The predicted octanol–water partition coefficient (Wildman–Crippen LogP) is 4.38. The highest BCUT2D eigenvalue weighted by atomic mass is 32.2. The summed E-state index contributed by atoms with van der Waals surface area (Å²) in [5.74, 6) is 0.799. The Kier molecular flexibility index (Phi) is 3.49. The average molecular weight is 384 g/mol. The molecule has 0 bridgehead atoms. The van der Waals surface area contributed by atoms with Crippen molar-refractivity contribution in [2.45, 2.75) is 55.3 Å². The lowest BCUT2D eigenvalue weighted by molar-refractivity contribution is 0.291. The van der Waals surface area contributed by atoms with E-state index in [1.165, 1.54) is 18.4 Å². The Morgan fingerprint density at radius 3 is 2.52 bits per heavy atom. The van der Waals surface area contributed by atoms with E-state index in [0.717, 1.165) is 29.8 Å². The highest BCUT2D eigenvalue weighted by molar-refractivity contribution is 7.92. The molecule has 0 N–H and O–H groups in total. The minimum atomic E-state index is -3.61. The highest BCUT2D eigenvalue weighted by Gasteiger charge is 2.48. The van der Waals surface area contributed by atoms with E-state index in [0.29, 0.717) is 18.0 Å². The van der Waals surface area contributed by atoms with Crippen LogP contribution in [0.1, 0.15) is 50.7 Å². The molecule has 2 aliphatic heterocycles. The van der Waals surface area contributed by atoms with Crippen molar-refractivity contribution in [1.29, 1.82) is 0 Å². The standard InChI is InChI=1S/C22H25NO3S/c1-21(2)15-26-20-10-9-16(13-18(20)21)27(24,25)23-14-22(11-5-6-12-22)17-7-3-4-8-19(17)23/h3-4,7-10,13H,5-6,11-12,14-15H2,1-2H3. The fourth-order valence-corrected chi connectivity index (χ4v) is 6.66. The maximum absolute atomic E-state index is 13.6. The van der Waals surface area contributed by atoms with Gasteiger partial charge in [-0.25, -0.2) is 8.42 Å². The zero-order valence-electron chi connectivity index (χ0n) is 15.9. The van der Waals surface area contributed by atoms with Gasteiger partial charge < -0.3 is 4.74 Å². The van der Waals surface area contributed by atoms with E-state index in [1.54, 1.807) is 10.4 Å². The van der Waals surface area contributed by atoms with Gasteiger partial charge >= 0.3 is 0 Å². The van der Waals surface area contributed by atoms with Gasteiger partial charge in [0.2, 0.25) is 0 Å². The van der Waals surface area contributed by atoms with Crippen LogP contribution in [-0.4, -0.2) is 21.6 Å². The van der Waals surface area contributed by atoms with Gasteiger partial charge in [-0.1, -0.05) is 44.9 Å². The van der Waals surface area contributed by atoms with Gasteiger partial charge in [-0.2, -0.15) is 0 Å². The van der Waals surface area contributed by atoms with Gasteiger partial charge in [0.25, 0.3) is 10.0 Å². The van der Waals surface area contributed by atoms with Crippen molar-refractivity contribution in [3.8, 4) is 5.75 Å². The van der Waals surface area contributed by atoms with Crippen molar-refractivity contribution in [2.75, 3.05) is 17.5 Å². The molecule has 1 fully saturated rings.